The molecule has 2 fully saturated rings. The summed E-state index contributed by atoms with van der Waals surface area (Å²) >= 11 is 3.56. The normalized spacial score (nSPS) is 21.3. The van der Waals surface area contributed by atoms with Gasteiger partial charge in [0.15, 0.2) is 5.82 Å². The molecule has 0 aliphatic carbocycles. The van der Waals surface area contributed by atoms with Gasteiger partial charge in [-0.3, -0.25) is 10.1 Å². The van der Waals surface area contributed by atoms with Crippen molar-refractivity contribution in [3.8, 4) is 0 Å². The fourth-order valence-electron chi connectivity index (χ4n) is 6.45. The first-order valence-electron chi connectivity index (χ1n) is 14.1. The van der Waals surface area contributed by atoms with Crippen LogP contribution >= 0.6 is 23.1 Å². The molecule has 9 heteroatoms. The molecule has 7 rings (SSSR count). The van der Waals surface area contributed by atoms with Crippen molar-refractivity contribution in [3.05, 3.63) is 135 Å². The smallest absolute Gasteiger partial charge is 0.244 e. The molecule has 2 aromatic heterocycles. The second-order valence-corrected chi connectivity index (χ2v) is 14.6. The predicted octanol–water partition coefficient (Wildman–Crippen LogP) is 5.78. The molecule has 1 amide bonds. The van der Waals surface area contributed by atoms with Gasteiger partial charge in [0.1, 0.15) is 17.5 Å². The van der Waals surface area contributed by atoms with Gasteiger partial charge in [0.2, 0.25) is 5.91 Å². The molecule has 212 valence electrons. The molecular formula is C33H32N6OS2. The van der Waals surface area contributed by atoms with Crippen molar-refractivity contribution in [2.45, 2.75) is 55.1 Å². The van der Waals surface area contributed by atoms with Crippen LogP contribution < -0.4 is 5.32 Å². The van der Waals surface area contributed by atoms with Crippen LogP contribution in [-0.2, 0) is 16.9 Å². The van der Waals surface area contributed by atoms with E-state index in [1.54, 1.807) is 11.3 Å². The number of carbonyl (C=O) groups excluding carboxylic acids is 1. The van der Waals surface area contributed by atoms with Crippen molar-refractivity contribution in [1.29, 1.82) is 0 Å². The first-order valence-corrected chi connectivity index (χ1v) is 15.8. The summed E-state index contributed by atoms with van der Waals surface area (Å²) in [5.41, 5.74) is 2.53. The minimum absolute atomic E-state index is 0.0664. The van der Waals surface area contributed by atoms with E-state index >= 15 is 0 Å². The number of nitrogens with zero attached hydrogens (tertiary/aromatic N) is 5. The van der Waals surface area contributed by atoms with E-state index in [9.17, 15) is 4.79 Å². The van der Waals surface area contributed by atoms with E-state index in [-0.39, 0.29) is 22.1 Å². The number of thioether (sulfide) groups is 1. The van der Waals surface area contributed by atoms with Crippen molar-refractivity contribution < 1.29 is 4.79 Å². The highest BCUT2D eigenvalue weighted by Crippen LogP contribution is 2.57. The number of hydrogen-bond acceptors (Lipinski definition) is 7. The zero-order valence-electron chi connectivity index (χ0n) is 23.7. The van der Waals surface area contributed by atoms with Crippen LogP contribution in [0.25, 0.3) is 0 Å². The Kier molecular flexibility index (Phi) is 6.76. The highest BCUT2D eigenvalue weighted by Gasteiger charge is 2.64. The lowest BCUT2D eigenvalue weighted by atomic mass is 9.76. The fraction of sp³-hybridized carbons (Fsp3) is 0.273. The van der Waals surface area contributed by atoms with E-state index < -0.39 is 11.6 Å². The molecule has 2 aliphatic heterocycles. The van der Waals surface area contributed by atoms with Gasteiger partial charge in [-0.2, -0.15) is 0 Å². The van der Waals surface area contributed by atoms with Gasteiger partial charge in [-0.1, -0.05) is 91.0 Å². The van der Waals surface area contributed by atoms with Gasteiger partial charge >= 0.3 is 0 Å². The van der Waals surface area contributed by atoms with Crippen molar-refractivity contribution in [1.82, 2.24) is 30.4 Å². The maximum Gasteiger partial charge on any atom is 0.244 e. The number of carbonyl (C=O) groups is 1. The molecule has 0 spiro atoms. The Balaban J connectivity index is 1.27. The molecular weight excluding hydrogens is 561 g/mol. The fourth-order valence-corrected chi connectivity index (χ4v) is 8.95. The lowest BCUT2D eigenvalue weighted by molar-refractivity contribution is -0.150. The minimum atomic E-state index is -0.725. The van der Waals surface area contributed by atoms with E-state index in [2.05, 4.69) is 127 Å². The maximum atomic E-state index is 14.3. The van der Waals surface area contributed by atoms with E-state index in [1.807, 2.05) is 39.5 Å². The molecule has 42 heavy (non-hydrogen) atoms. The summed E-state index contributed by atoms with van der Waals surface area (Å²) in [5, 5.41) is 16.7. The summed E-state index contributed by atoms with van der Waals surface area (Å²) in [5.74, 6) is 0.796. The Hall–Kier alpha value is -3.79. The van der Waals surface area contributed by atoms with E-state index in [4.69, 9.17) is 0 Å². The number of hydrogen-bond donors (Lipinski definition) is 1. The summed E-state index contributed by atoms with van der Waals surface area (Å²) in [4.78, 5) is 18.7. The standard InChI is InChI=1S/C33H32N6OS2/c1-22-19-20-26(41-22)21-38-29(35-36-37-38)28-32(2,3)42-31-27(30(40)39(28)31)34-33(23-13-7-4-8-14-23,24-15-9-5-10-16-24)25-17-11-6-12-18-25/h4-20,27-28,31,34H,21H2,1-3H3/t27?,28?,31-/m0/s1. The monoisotopic (exact) mass is 592 g/mol. The van der Waals surface area contributed by atoms with E-state index in [0.717, 1.165) is 22.5 Å². The Bertz CT molecular complexity index is 1610. The molecule has 3 atom stereocenters. The van der Waals surface area contributed by atoms with Gasteiger partial charge in [-0.15, -0.1) is 28.2 Å². The summed E-state index contributed by atoms with van der Waals surface area (Å²) in [6.07, 6.45) is 0. The lowest BCUT2D eigenvalue weighted by Crippen LogP contribution is -2.70. The molecule has 1 N–H and O–H groups in total. The topological polar surface area (TPSA) is 75.9 Å². The molecule has 0 radical (unpaired) electrons. The first kappa shape index (κ1) is 27.1. The molecule has 0 bridgehead atoms. The van der Waals surface area contributed by atoms with Crippen LogP contribution in [0.4, 0.5) is 0 Å². The molecule has 2 unspecified atom stereocenters. The number of rotatable bonds is 8. The number of aryl methyl sites for hydroxylation is 1. The Morgan fingerprint density at radius 2 is 1.43 bits per heavy atom. The number of β-lactam (4-membered cyclic amide) rings is 1. The van der Waals surface area contributed by atoms with Crippen molar-refractivity contribution in [2.75, 3.05) is 0 Å². The van der Waals surface area contributed by atoms with E-state index in [1.165, 1.54) is 9.75 Å². The van der Waals surface area contributed by atoms with Gasteiger partial charge in [-0.05, 0) is 60.0 Å². The zero-order chi connectivity index (χ0) is 28.9. The number of tetrazole rings is 1. The van der Waals surface area contributed by atoms with Crippen LogP contribution in [0.2, 0.25) is 0 Å². The number of aromatic nitrogens is 4. The highest BCUT2D eigenvalue weighted by molar-refractivity contribution is 8.01. The van der Waals surface area contributed by atoms with Crippen molar-refractivity contribution in [3.63, 3.8) is 0 Å². The SMILES string of the molecule is Cc1ccc(Cn2nnnc2C2N3C(=O)C(NC(c4ccccc4)(c4ccccc4)c4ccccc4)[C@@H]3SC2(C)C)s1. The molecule has 2 aliphatic rings. The van der Waals surface area contributed by atoms with Crippen LogP contribution in [0, 0.1) is 6.92 Å². The molecule has 0 saturated carbocycles. The van der Waals surface area contributed by atoms with Crippen molar-refractivity contribution in [2.24, 2.45) is 0 Å². The average molecular weight is 593 g/mol. The third-order valence-electron chi connectivity index (χ3n) is 8.34. The quantitative estimate of drug-likeness (QED) is 0.182. The molecule has 3 aromatic carbocycles. The van der Waals surface area contributed by atoms with Gasteiger partial charge in [0.25, 0.3) is 0 Å². The van der Waals surface area contributed by atoms with Gasteiger partial charge in [0, 0.05) is 14.5 Å². The van der Waals surface area contributed by atoms with Crippen LogP contribution in [-0.4, -0.2) is 47.2 Å². The number of nitrogens with one attached hydrogen (secondary N) is 1. The maximum absolute atomic E-state index is 14.3. The summed E-state index contributed by atoms with van der Waals surface area (Å²) in [6.45, 7) is 7.07. The van der Waals surface area contributed by atoms with Crippen LogP contribution in [0.1, 0.15) is 52.2 Å². The Morgan fingerprint density at radius 3 is 1.95 bits per heavy atom. The average Bonchev–Trinajstić information content (AvgIpc) is 3.71. The third-order valence-corrected chi connectivity index (χ3v) is 10.9. The lowest BCUT2D eigenvalue weighted by Gasteiger charge is -2.49. The zero-order valence-corrected chi connectivity index (χ0v) is 25.3. The molecule has 2 saturated heterocycles. The second kappa shape index (κ2) is 10.5. The number of thiophene rings is 1. The number of benzene rings is 3. The van der Waals surface area contributed by atoms with Crippen molar-refractivity contribution >= 4 is 29.0 Å². The predicted molar refractivity (Wildman–Crippen MR) is 167 cm³/mol. The Labute approximate surface area is 254 Å². The van der Waals surface area contributed by atoms with E-state index in [0.29, 0.717) is 6.54 Å². The Morgan fingerprint density at radius 1 is 0.857 bits per heavy atom. The van der Waals surface area contributed by atoms with Crippen LogP contribution in [0.3, 0.4) is 0 Å². The largest absolute Gasteiger partial charge is 0.315 e. The minimum Gasteiger partial charge on any atom is -0.315 e. The third kappa shape index (κ3) is 4.38. The number of amides is 1. The number of fused-ring (bicyclic) bond motifs is 1. The molecule has 5 aromatic rings. The van der Waals surface area contributed by atoms with Crippen LogP contribution in [0.15, 0.2) is 103 Å². The molecule has 4 heterocycles. The van der Waals surface area contributed by atoms with Gasteiger partial charge < -0.3 is 4.90 Å². The highest BCUT2D eigenvalue weighted by atomic mass is 32.2. The van der Waals surface area contributed by atoms with Gasteiger partial charge in [0.05, 0.1) is 12.1 Å². The van der Waals surface area contributed by atoms with Crippen LogP contribution in [0.5, 0.6) is 0 Å². The second-order valence-electron chi connectivity index (χ2n) is 11.4. The van der Waals surface area contributed by atoms with Gasteiger partial charge in [-0.25, -0.2) is 4.68 Å². The summed E-state index contributed by atoms with van der Waals surface area (Å²) in [7, 11) is 0. The summed E-state index contributed by atoms with van der Waals surface area (Å²) in [6, 6.07) is 34.9. The summed E-state index contributed by atoms with van der Waals surface area (Å²) < 4.78 is 1.57. The molecule has 7 nitrogen and oxygen atoms in total. The first-order chi connectivity index (χ1) is 20.4.